The van der Waals surface area contributed by atoms with E-state index < -0.39 is 0 Å². The van der Waals surface area contributed by atoms with Gasteiger partial charge < -0.3 is 10.2 Å². The molecule has 2 aliphatic rings. The molecular formula is C13H24N2O. The van der Waals surface area contributed by atoms with Gasteiger partial charge in [0.05, 0.1) is 0 Å². The summed E-state index contributed by atoms with van der Waals surface area (Å²) in [4.78, 5) is 14.2. The van der Waals surface area contributed by atoms with Crippen LogP contribution in [0.3, 0.4) is 0 Å². The Morgan fingerprint density at radius 1 is 1.25 bits per heavy atom. The molecule has 2 rings (SSSR count). The minimum absolute atomic E-state index is 0.284. The SMILES string of the molecule is CN1CCC(CC(=O)NC2CCCCC2)C1. The molecule has 92 valence electrons. The lowest BCUT2D eigenvalue weighted by molar-refractivity contribution is -0.122. The van der Waals surface area contributed by atoms with Crippen LogP contribution in [0.1, 0.15) is 44.9 Å². The Balaban J connectivity index is 1.67. The summed E-state index contributed by atoms with van der Waals surface area (Å²) in [5, 5.41) is 3.20. The van der Waals surface area contributed by atoms with Gasteiger partial charge in [0.2, 0.25) is 5.91 Å². The second-order valence-corrected chi connectivity index (χ2v) is 5.52. The van der Waals surface area contributed by atoms with Crippen LogP contribution in [0.25, 0.3) is 0 Å². The predicted octanol–water partition coefficient (Wildman–Crippen LogP) is 1.78. The van der Waals surface area contributed by atoms with Gasteiger partial charge in [-0.1, -0.05) is 19.3 Å². The van der Waals surface area contributed by atoms with Crippen LogP contribution in [0.15, 0.2) is 0 Å². The summed E-state index contributed by atoms with van der Waals surface area (Å²) in [5.74, 6) is 0.876. The van der Waals surface area contributed by atoms with Crippen LogP contribution < -0.4 is 5.32 Å². The normalized spacial score (nSPS) is 28.2. The van der Waals surface area contributed by atoms with E-state index >= 15 is 0 Å². The zero-order chi connectivity index (χ0) is 11.4. The van der Waals surface area contributed by atoms with Crippen LogP contribution in [0.4, 0.5) is 0 Å². The highest BCUT2D eigenvalue weighted by Crippen LogP contribution is 2.20. The Morgan fingerprint density at radius 2 is 2.00 bits per heavy atom. The second-order valence-electron chi connectivity index (χ2n) is 5.52. The molecule has 16 heavy (non-hydrogen) atoms. The van der Waals surface area contributed by atoms with E-state index in [1.54, 1.807) is 0 Å². The number of rotatable bonds is 3. The topological polar surface area (TPSA) is 32.3 Å². The first-order chi connectivity index (χ1) is 7.74. The van der Waals surface area contributed by atoms with Gasteiger partial charge in [0.25, 0.3) is 0 Å². The van der Waals surface area contributed by atoms with Gasteiger partial charge in [-0.05, 0) is 38.8 Å². The van der Waals surface area contributed by atoms with Crippen LogP contribution in [0.5, 0.6) is 0 Å². The van der Waals surface area contributed by atoms with E-state index in [-0.39, 0.29) is 5.91 Å². The summed E-state index contributed by atoms with van der Waals surface area (Å²) < 4.78 is 0. The first-order valence-electron chi connectivity index (χ1n) is 6.72. The number of nitrogens with zero attached hydrogens (tertiary/aromatic N) is 1. The standard InChI is InChI=1S/C13H24N2O/c1-15-8-7-11(10-15)9-13(16)14-12-5-3-2-4-6-12/h11-12H,2-10H2,1H3,(H,14,16). The summed E-state index contributed by atoms with van der Waals surface area (Å²) in [5.41, 5.74) is 0. The lowest BCUT2D eigenvalue weighted by atomic mass is 9.95. The summed E-state index contributed by atoms with van der Waals surface area (Å²) in [6, 6.07) is 0.473. The molecular weight excluding hydrogens is 200 g/mol. The molecule has 0 aromatic heterocycles. The van der Waals surface area contributed by atoms with Crippen molar-refractivity contribution in [2.75, 3.05) is 20.1 Å². The number of carbonyl (C=O) groups excluding carboxylic acids is 1. The number of nitrogens with one attached hydrogen (secondary N) is 1. The summed E-state index contributed by atoms with van der Waals surface area (Å²) in [6.45, 7) is 2.25. The van der Waals surface area contributed by atoms with E-state index in [1.165, 1.54) is 38.5 Å². The van der Waals surface area contributed by atoms with E-state index in [2.05, 4.69) is 17.3 Å². The largest absolute Gasteiger partial charge is 0.353 e. The van der Waals surface area contributed by atoms with Crippen LogP contribution >= 0.6 is 0 Å². The van der Waals surface area contributed by atoms with Crippen molar-refractivity contribution in [1.29, 1.82) is 0 Å². The smallest absolute Gasteiger partial charge is 0.220 e. The Bertz CT molecular complexity index is 227. The van der Waals surface area contributed by atoms with E-state index in [0.29, 0.717) is 12.0 Å². The van der Waals surface area contributed by atoms with Crippen molar-refractivity contribution in [3.8, 4) is 0 Å². The Morgan fingerprint density at radius 3 is 2.62 bits per heavy atom. The number of likely N-dealkylation sites (tertiary alicyclic amines) is 1. The minimum atomic E-state index is 0.284. The lowest BCUT2D eigenvalue weighted by Crippen LogP contribution is -2.37. The highest BCUT2D eigenvalue weighted by molar-refractivity contribution is 5.76. The highest BCUT2D eigenvalue weighted by Gasteiger charge is 2.23. The molecule has 2 fully saturated rings. The monoisotopic (exact) mass is 224 g/mol. The molecule has 1 saturated heterocycles. The van der Waals surface area contributed by atoms with Crippen LogP contribution in [0, 0.1) is 5.92 Å². The number of carbonyl (C=O) groups is 1. The Kier molecular flexibility index (Phi) is 4.22. The van der Waals surface area contributed by atoms with Gasteiger partial charge >= 0.3 is 0 Å². The van der Waals surface area contributed by atoms with Gasteiger partial charge in [-0.2, -0.15) is 0 Å². The molecule has 3 heteroatoms. The number of amides is 1. The zero-order valence-corrected chi connectivity index (χ0v) is 10.4. The van der Waals surface area contributed by atoms with Gasteiger partial charge in [0.1, 0.15) is 0 Å². The van der Waals surface area contributed by atoms with E-state index in [4.69, 9.17) is 0 Å². The summed E-state index contributed by atoms with van der Waals surface area (Å²) in [7, 11) is 2.14. The van der Waals surface area contributed by atoms with Gasteiger partial charge in [-0.15, -0.1) is 0 Å². The maximum absolute atomic E-state index is 11.8. The van der Waals surface area contributed by atoms with Crippen molar-refractivity contribution < 1.29 is 4.79 Å². The molecule has 1 saturated carbocycles. The average molecular weight is 224 g/mol. The average Bonchev–Trinajstić information content (AvgIpc) is 2.65. The van der Waals surface area contributed by atoms with Crippen LogP contribution in [-0.4, -0.2) is 37.0 Å². The molecule has 3 nitrogen and oxygen atoms in total. The molecule has 1 heterocycles. The van der Waals surface area contributed by atoms with Gasteiger partial charge in [0, 0.05) is 19.0 Å². The Hall–Kier alpha value is -0.570. The van der Waals surface area contributed by atoms with E-state index in [0.717, 1.165) is 19.5 Å². The molecule has 1 aliphatic carbocycles. The third kappa shape index (κ3) is 3.48. The fraction of sp³-hybridized carbons (Fsp3) is 0.923. The van der Waals surface area contributed by atoms with Gasteiger partial charge in [0.15, 0.2) is 0 Å². The quantitative estimate of drug-likeness (QED) is 0.792. The predicted molar refractivity (Wildman–Crippen MR) is 65.2 cm³/mol. The summed E-state index contributed by atoms with van der Waals surface area (Å²) in [6.07, 6.45) is 8.23. The molecule has 1 aliphatic heterocycles. The van der Waals surface area contributed by atoms with Gasteiger partial charge in [-0.3, -0.25) is 4.79 Å². The minimum Gasteiger partial charge on any atom is -0.353 e. The number of hydrogen-bond acceptors (Lipinski definition) is 2. The van der Waals surface area contributed by atoms with Gasteiger partial charge in [-0.25, -0.2) is 0 Å². The molecule has 0 spiro atoms. The molecule has 1 atom stereocenters. The van der Waals surface area contributed by atoms with Crippen molar-refractivity contribution in [2.45, 2.75) is 51.0 Å². The molecule has 0 bridgehead atoms. The zero-order valence-electron chi connectivity index (χ0n) is 10.4. The lowest BCUT2D eigenvalue weighted by Gasteiger charge is -2.23. The molecule has 1 N–H and O–H groups in total. The molecule has 1 unspecified atom stereocenters. The Labute approximate surface area is 98.6 Å². The maximum Gasteiger partial charge on any atom is 0.220 e. The highest BCUT2D eigenvalue weighted by atomic mass is 16.1. The summed E-state index contributed by atoms with van der Waals surface area (Å²) >= 11 is 0. The third-order valence-corrected chi connectivity index (χ3v) is 3.93. The fourth-order valence-electron chi connectivity index (χ4n) is 2.99. The van der Waals surface area contributed by atoms with E-state index in [9.17, 15) is 4.79 Å². The van der Waals surface area contributed by atoms with Crippen molar-refractivity contribution in [3.05, 3.63) is 0 Å². The van der Waals surface area contributed by atoms with Crippen molar-refractivity contribution in [3.63, 3.8) is 0 Å². The molecule has 1 amide bonds. The fourth-order valence-corrected chi connectivity index (χ4v) is 2.99. The third-order valence-electron chi connectivity index (χ3n) is 3.93. The molecule has 0 aromatic rings. The molecule has 0 aromatic carbocycles. The second kappa shape index (κ2) is 5.67. The van der Waals surface area contributed by atoms with Crippen LogP contribution in [0.2, 0.25) is 0 Å². The first-order valence-corrected chi connectivity index (χ1v) is 6.72. The van der Waals surface area contributed by atoms with Crippen LogP contribution in [-0.2, 0) is 4.79 Å². The number of hydrogen-bond donors (Lipinski definition) is 1. The maximum atomic E-state index is 11.8. The molecule has 0 radical (unpaired) electrons. The van der Waals surface area contributed by atoms with Crippen molar-refractivity contribution >= 4 is 5.91 Å². The van der Waals surface area contributed by atoms with E-state index in [1.807, 2.05) is 0 Å². The van der Waals surface area contributed by atoms with Crippen molar-refractivity contribution in [1.82, 2.24) is 10.2 Å². The van der Waals surface area contributed by atoms with Crippen molar-refractivity contribution in [2.24, 2.45) is 5.92 Å². The first kappa shape index (κ1) is 11.9.